The maximum atomic E-state index is 2.33. The van der Waals surface area contributed by atoms with Gasteiger partial charge in [-0.05, 0) is 57.8 Å². The van der Waals surface area contributed by atoms with Crippen LogP contribution >= 0.6 is 0 Å². The average Bonchev–Trinajstić information content (AvgIpc) is 2.30. The normalized spacial score (nSPS) is 29.2. The molecule has 2 aliphatic rings. The molecule has 0 saturated heterocycles. The number of rotatable bonds is 1. The van der Waals surface area contributed by atoms with Crippen LogP contribution in [0.15, 0.2) is 11.1 Å². The van der Waals surface area contributed by atoms with Crippen LogP contribution in [0.25, 0.3) is 0 Å². The van der Waals surface area contributed by atoms with E-state index in [2.05, 4.69) is 13.8 Å². The summed E-state index contributed by atoms with van der Waals surface area (Å²) in [7, 11) is 0. The fraction of sp³-hybridized carbons (Fsp3) is 0.867. The molecule has 0 aromatic carbocycles. The van der Waals surface area contributed by atoms with Gasteiger partial charge in [-0.15, -0.1) is 0 Å². The van der Waals surface area contributed by atoms with Crippen LogP contribution in [0.2, 0.25) is 0 Å². The third-order valence-electron chi connectivity index (χ3n) is 4.52. The second kappa shape index (κ2) is 5.18. The number of hydrogen-bond donors (Lipinski definition) is 0. The molecule has 2 rings (SSSR count). The third-order valence-corrected chi connectivity index (χ3v) is 4.52. The van der Waals surface area contributed by atoms with Crippen molar-refractivity contribution >= 4 is 0 Å². The van der Waals surface area contributed by atoms with Gasteiger partial charge < -0.3 is 0 Å². The zero-order chi connectivity index (χ0) is 10.7. The van der Waals surface area contributed by atoms with Crippen LogP contribution in [0.1, 0.15) is 71.6 Å². The van der Waals surface area contributed by atoms with Gasteiger partial charge in [-0.3, -0.25) is 0 Å². The summed E-state index contributed by atoms with van der Waals surface area (Å²) in [4.78, 5) is 0. The molecule has 0 amide bonds. The van der Waals surface area contributed by atoms with Gasteiger partial charge in [0.05, 0.1) is 0 Å². The van der Waals surface area contributed by atoms with Crippen molar-refractivity contribution in [1.82, 2.24) is 0 Å². The Morgan fingerprint density at radius 3 is 2.20 bits per heavy atom. The lowest BCUT2D eigenvalue weighted by atomic mass is 9.70. The van der Waals surface area contributed by atoms with E-state index in [1.807, 2.05) is 5.57 Å². The highest BCUT2D eigenvalue weighted by atomic mass is 14.3. The number of allylic oxidation sites excluding steroid dienone is 2. The molecule has 0 aliphatic heterocycles. The Morgan fingerprint density at radius 1 is 0.867 bits per heavy atom. The van der Waals surface area contributed by atoms with Crippen molar-refractivity contribution < 1.29 is 0 Å². The van der Waals surface area contributed by atoms with E-state index >= 15 is 0 Å². The first-order valence-electron chi connectivity index (χ1n) is 6.95. The van der Waals surface area contributed by atoms with Crippen LogP contribution in [0.4, 0.5) is 0 Å². The van der Waals surface area contributed by atoms with E-state index in [1.54, 1.807) is 5.57 Å². The molecule has 2 saturated carbocycles. The summed E-state index contributed by atoms with van der Waals surface area (Å²) in [5.41, 5.74) is 3.47. The van der Waals surface area contributed by atoms with Crippen molar-refractivity contribution in [2.24, 2.45) is 11.8 Å². The van der Waals surface area contributed by atoms with Crippen LogP contribution in [0.5, 0.6) is 0 Å². The minimum atomic E-state index is 0.976. The van der Waals surface area contributed by atoms with Gasteiger partial charge in [0.25, 0.3) is 0 Å². The molecule has 1 atom stereocenters. The fourth-order valence-electron chi connectivity index (χ4n) is 3.72. The largest absolute Gasteiger partial charge is 0.0769 e. The van der Waals surface area contributed by atoms with E-state index in [-0.39, 0.29) is 0 Å². The average molecular weight is 206 g/mol. The summed E-state index contributed by atoms with van der Waals surface area (Å²) < 4.78 is 0. The zero-order valence-electron chi connectivity index (χ0n) is 10.5. The highest BCUT2D eigenvalue weighted by molar-refractivity contribution is 5.16. The Kier molecular flexibility index (Phi) is 3.88. The molecule has 0 spiro atoms. The van der Waals surface area contributed by atoms with Crippen molar-refractivity contribution in [2.45, 2.75) is 71.6 Å². The van der Waals surface area contributed by atoms with Crippen LogP contribution in [0, 0.1) is 11.8 Å². The monoisotopic (exact) mass is 206 g/mol. The molecule has 0 radical (unpaired) electrons. The van der Waals surface area contributed by atoms with E-state index < -0.39 is 0 Å². The molecule has 0 bridgehead atoms. The third kappa shape index (κ3) is 2.65. The highest BCUT2D eigenvalue weighted by Crippen LogP contribution is 2.42. The summed E-state index contributed by atoms with van der Waals surface area (Å²) in [6.45, 7) is 4.66. The maximum Gasteiger partial charge on any atom is -0.0172 e. The quantitative estimate of drug-likeness (QED) is 0.524. The van der Waals surface area contributed by atoms with Crippen LogP contribution in [-0.2, 0) is 0 Å². The molecule has 15 heavy (non-hydrogen) atoms. The summed E-state index contributed by atoms with van der Waals surface area (Å²) in [6, 6.07) is 0. The smallest absolute Gasteiger partial charge is 0.0172 e. The molecule has 0 N–H and O–H groups in total. The van der Waals surface area contributed by atoms with Crippen LogP contribution < -0.4 is 0 Å². The number of hydrogen-bond acceptors (Lipinski definition) is 0. The molecule has 0 heterocycles. The zero-order valence-corrected chi connectivity index (χ0v) is 10.5. The van der Waals surface area contributed by atoms with Gasteiger partial charge in [-0.25, -0.2) is 0 Å². The lowest BCUT2D eigenvalue weighted by Gasteiger charge is -2.36. The van der Waals surface area contributed by atoms with Crippen molar-refractivity contribution in [1.29, 1.82) is 0 Å². The lowest BCUT2D eigenvalue weighted by molar-refractivity contribution is 0.241. The first kappa shape index (κ1) is 11.2. The van der Waals surface area contributed by atoms with Gasteiger partial charge in [0.1, 0.15) is 0 Å². The van der Waals surface area contributed by atoms with E-state index in [0.717, 1.165) is 11.8 Å². The topological polar surface area (TPSA) is 0 Å². The van der Waals surface area contributed by atoms with E-state index in [1.165, 1.54) is 57.8 Å². The van der Waals surface area contributed by atoms with Gasteiger partial charge in [0, 0.05) is 0 Å². The first-order chi connectivity index (χ1) is 7.29. The van der Waals surface area contributed by atoms with Gasteiger partial charge in [-0.2, -0.15) is 0 Å². The minimum absolute atomic E-state index is 0.976. The van der Waals surface area contributed by atoms with Gasteiger partial charge >= 0.3 is 0 Å². The predicted molar refractivity (Wildman–Crippen MR) is 66.9 cm³/mol. The summed E-state index contributed by atoms with van der Waals surface area (Å²) >= 11 is 0. The SMILES string of the molecule is CC(C)=C1CCCCC1C1CCCCC1. The standard InChI is InChI=1S/C15H26/c1-12(2)14-10-6-7-11-15(14)13-8-4-3-5-9-13/h13,15H,3-11H2,1-2H3. The molecular weight excluding hydrogens is 180 g/mol. The fourth-order valence-corrected chi connectivity index (χ4v) is 3.72. The molecule has 0 nitrogen and oxygen atoms in total. The Labute approximate surface area is 95.1 Å². The molecule has 0 aromatic heterocycles. The predicted octanol–water partition coefficient (Wildman–Crippen LogP) is 5.09. The van der Waals surface area contributed by atoms with Crippen molar-refractivity contribution in [3.63, 3.8) is 0 Å². The Hall–Kier alpha value is -0.260. The summed E-state index contributed by atoms with van der Waals surface area (Å²) in [5, 5.41) is 0. The molecule has 2 aliphatic carbocycles. The van der Waals surface area contributed by atoms with Crippen molar-refractivity contribution in [2.75, 3.05) is 0 Å². The van der Waals surface area contributed by atoms with E-state index in [9.17, 15) is 0 Å². The van der Waals surface area contributed by atoms with Crippen LogP contribution in [-0.4, -0.2) is 0 Å². The van der Waals surface area contributed by atoms with Gasteiger partial charge in [0.2, 0.25) is 0 Å². The van der Waals surface area contributed by atoms with Crippen LogP contribution in [0.3, 0.4) is 0 Å². The molecule has 1 unspecified atom stereocenters. The molecule has 2 fully saturated rings. The summed E-state index contributed by atoms with van der Waals surface area (Å²) in [5.74, 6) is 2.02. The Balaban J connectivity index is 2.06. The van der Waals surface area contributed by atoms with Crippen molar-refractivity contribution in [3.8, 4) is 0 Å². The van der Waals surface area contributed by atoms with E-state index in [4.69, 9.17) is 0 Å². The second-order valence-electron chi connectivity index (χ2n) is 5.78. The lowest BCUT2D eigenvalue weighted by Crippen LogP contribution is -2.23. The maximum absolute atomic E-state index is 2.33. The highest BCUT2D eigenvalue weighted by Gasteiger charge is 2.28. The molecular formula is C15H26. The minimum Gasteiger partial charge on any atom is -0.0769 e. The molecule has 0 heteroatoms. The Morgan fingerprint density at radius 2 is 1.53 bits per heavy atom. The molecule has 0 aromatic rings. The van der Waals surface area contributed by atoms with Crippen molar-refractivity contribution in [3.05, 3.63) is 11.1 Å². The van der Waals surface area contributed by atoms with E-state index in [0.29, 0.717) is 0 Å². The van der Waals surface area contributed by atoms with Gasteiger partial charge in [-0.1, -0.05) is 36.8 Å². The Bertz CT molecular complexity index is 226. The summed E-state index contributed by atoms with van der Waals surface area (Å²) in [6.07, 6.45) is 13.3. The first-order valence-corrected chi connectivity index (χ1v) is 6.95. The molecule has 86 valence electrons. The van der Waals surface area contributed by atoms with Gasteiger partial charge in [0.15, 0.2) is 0 Å². The second-order valence-corrected chi connectivity index (χ2v) is 5.78.